The van der Waals surface area contributed by atoms with E-state index in [1.54, 1.807) is 0 Å². The largest absolute Gasteiger partial charge is 0.493 e. The molecule has 3 aliphatic rings. The van der Waals surface area contributed by atoms with E-state index in [0.29, 0.717) is 23.5 Å². The van der Waals surface area contributed by atoms with Crippen LogP contribution in [0.4, 0.5) is 0 Å². The van der Waals surface area contributed by atoms with Crippen molar-refractivity contribution in [2.24, 2.45) is 17.8 Å². The second-order valence-electron chi connectivity index (χ2n) is 5.92. The molecule has 1 aliphatic heterocycles. The van der Waals surface area contributed by atoms with Crippen LogP contribution in [0, 0.1) is 17.8 Å². The van der Waals surface area contributed by atoms with Gasteiger partial charge in [0.15, 0.2) is 5.78 Å². The van der Waals surface area contributed by atoms with Gasteiger partial charge in [0.1, 0.15) is 5.75 Å². The summed E-state index contributed by atoms with van der Waals surface area (Å²) in [5.41, 5.74) is 2.14. The van der Waals surface area contributed by atoms with Crippen LogP contribution in [0.1, 0.15) is 41.6 Å². The third kappa shape index (κ3) is 1.51. The molecule has 0 amide bonds. The number of carbonyl (C=O) groups is 1. The second kappa shape index (κ2) is 3.84. The molecule has 0 saturated heterocycles. The van der Waals surface area contributed by atoms with Crippen LogP contribution < -0.4 is 4.74 Å². The highest BCUT2D eigenvalue weighted by atomic mass is 16.5. The molecule has 2 unspecified atom stereocenters. The maximum absolute atomic E-state index is 12.5. The predicted molar refractivity (Wildman–Crippen MR) is 68.9 cm³/mol. The summed E-state index contributed by atoms with van der Waals surface area (Å²) in [7, 11) is 0. The SMILES string of the molecule is O=C(c1ccc2c(c1)CCCO2)C1C2CCCC21. The smallest absolute Gasteiger partial charge is 0.166 e. The molecule has 0 spiro atoms. The lowest BCUT2D eigenvalue weighted by molar-refractivity contribution is 0.0951. The highest BCUT2D eigenvalue weighted by Gasteiger charge is 2.56. The van der Waals surface area contributed by atoms with Crippen LogP contribution in [0.15, 0.2) is 18.2 Å². The van der Waals surface area contributed by atoms with E-state index >= 15 is 0 Å². The summed E-state index contributed by atoms with van der Waals surface area (Å²) in [6, 6.07) is 6.02. The monoisotopic (exact) mass is 242 g/mol. The number of hydrogen-bond acceptors (Lipinski definition) is 2. The minimum atomic E-state index is 0.348. The van der Waals surface area contributed by atoms with E-state index in [2.05, 4.69) is 6.07 Å². The third-order valence-electron chi connectivity index (χ3n) is 4.90. The van der Waals surface area contributed by atoms with Gasteiger partial charge < -0.3 is 4.74 Å². The molecule has 1 aromatic carbocycles. The van der Waals surface area contributed by atoms with Crippen molar-refractivity contribution in [3.63, 3.8) is 0 Å². The van der Waals surface area contributed by atoms with E-state index in [1.807, 2.05) is 12.1 Å². The molecule has 0 radical (unpaired) electrons. The van der Waals surface area contributed by atoms with E-state index in [9.17, 15) is 4.79 Å². The van der Waals surface area contributed by atoms with E-state index in [4.69, 9.17) is 4.74 Å². The Bertz CT molecular complexity index is 496. The molecule has 94 valence electrons. The highest BCUT2D eigenvalue weighted by Crippen LogP contribution is 2.58. The van der Waals surface area contributed by atoms with Gasteiger partial charge in [0.05, 0.1) is 6.61 Å². The zero-order chi connectivity index (χ0) is 12.1. The number of rotatable bonds is 2. The Morgan fingerprint density at radius 2 is 2.00 bits per heavy atom. The topological polar surface area (TPSA) is 26.3 Å². The fourth-order valence-electron chi connectivity index (χ4n) is 3.92. The molecule has 0 N–H and O–H groups in total. The molecule has 2 heteroatoms. The van der Waals surface area contributed by atoms with Gasteiger partial charge in [-0.05, 0) is 61.3 Å². The average molecular weight is 242 g/mol. The molecular formula is C16H18O2. The van der Waals surface area contributed by atoms with Crippen molar-refractivity contribution in [2.75, 3.05) is 6.61 Å². The number of Topliss-reactive ketones (excluding diaryl/α,β-unsaturated/α-hetero) is 1. The standard InChI is InChI=1S/C16H18O2/c17-16(15-12-4-1-5-13(12)15)11-6-7-14-10(9-11)3-2-8-18-14/h6-7,9,12-13,15H,1-5,8H2. The van der Waals surface area contributed by atoms with Crippen molar-refractivity contribution in [3.05, 3.63) is 29.3 Å². The Morgan fingerprint density at radius 1 is 1.17 bits per heavy atom. The predicted octanol–water partition coefficient (Wildman–Crippen LogP) is 3.24. The summed E-state index contributed by atoms with van der Waals surface area (Å²) >= 11 is 0. The molecule has 1 heterocycles. The second-order valence-corrected chi connectivity index (χ2v) is 5.92. The van der Waals surface area contributed by atoms with Crippen molar-refractivity contribution in [3.8, 4) is 5.75 Å². The fraction of sp³-hybridized carbons (Fsp3) is 0.562. The molecule has 2 saturated carbocycles. The Hall–Kier alpha value is -1.31. The minimum Gasteiger partial charge on any atom is -0.493 e. The number of ketones is 1. The lowest BCUT2D eigenvalue weighted by atomic mass is 9.97. The number of hydrogen-bond donors (Lipinski definition) is 0. The van der Waals surface area contributed by atoms with Gasteiger partial charge in [0.2, 0.25) is 0 Å². The molecule has 4 rings (SSSR count). The summed E-state index contributed by atoms with van der Waals surface area (Å²) in [5, 5.41) is 0. The normalized spacial score (nSPS) is 32.3. The summed E-state index contributed by atoms with van der Waals surface area (Å²) in [5.74, 6) is 3.14. The van der Waals surface area contributed by atoms with Crippen LogP contribution in [-0.2, 0) is 6.42 Å². The molecule has 1 aromatic rings. The first-order chi connectivity index (χ1) is 8.84. The first-order valence-electron chi connectivity index (χ1n) is 7.14. The number of fused-ring (bicyclic) bond motifs is 2. The third-order valence-corrected chi connectivity index (χ3v) is 4.90. The van der Waals surface area contributed by atoms with Crippen molar-refractivity contribution < 1.29 is 9.53 Å². The highest BCUT2D eigenvalue weighted by molar-refractivity contribution is 6.00. The zero-order valence-electron chi connectivity index (χ0n) is 10.5. The molecule has 2 nitrogen and oxygen atoms in total. The zero-order valence-corrected chi connectivity index (χ0v) is 10.5. The number of aryl methyl sites for hydroxylation is 1. The molecule has 0 bridgehead atoms. The van der Waals surface area contributed by atoms with Crippen LogP contribution in [0.3, 0.4) is 0 Å². The van der Waals surface area contributed by atoms with Crippen molar-refractivity contribution in [1.29, 1.82) is 0 Å². The van der Waals surface area contributed by atoms with Crippen LogP contribution in [0.25, 0.3) is 0 Å². The van der Waals surface area contributed by atoms with Gasteiger partial charge in [-0.3, -0.25) is 4.79 Å². The number of ether oxygens (including phenoxy) is 1. The average Bonchev–Trinajstić information content (AvgIpc) is 2.90. The summed E-state index contributed by atoms with van der Waals surface area (Å²) in [6.45, 7) is 0.813. The molecule has 2 atom stereocenters. The van der Waals surface area contributed by atoms with Crippen molar-refractivity contribution >= 4 is 5.78 Å². The molecule has 18 heavy (non-hydrogen) atoms. The van der Waals surface area contributed by atoms with Gasteiger partial charge in [-0.25, -0.2) is 0 Å². The summed E-state index contributed by atoms with van der Waals surface area (Å²) in [4.78, 5) is 12.5. The molecule has 2 aliphatic carbocycles. The van der Waals surface area contributed by atoms with E-state index in [-0.39, 0.29) is 0 Å². The Labute approximate surface area is 107 Å². The van der Waals surface area contributed by atoms with Crippen LogP contribution in [0.2, 0.25) is 0 Å². The quantitative estimate of drug-likeness (QED) is 0.744. The van der Waals surface area contributed by atoms with Crippen LogP contribution in [-0.4, -0.2) is 12.4 Å². The first-order valence-corrected chi connectivity index (χ1v) is 7.14. The van der Waals surface area contributed by atoms with Gasteiger partial charge in [0, 0.05) is 11.5 Å². The van der Waals surface area contributed by atoms with E-state index < -0.39 is 0 Å². The summed E-state index contributed by atoms with van der Waals surface area (Å²) < 4.78 is 5.60. The van der Waals surface area contributed by atoms with Gasteiger partial charge in [-0.1, -0.05) is 6.42 Å². The number of benzene rings is 1. The van der Waals surface area contributed by atoms with Gasteiger partial charge >= 0.3 is 0 Å². The van der Waals surface area contributed by atoms with Crippen LogP contribution in [0.5, 0.6) is 5.75 Å². The van der Waals surface area contributed by atoms with Crippen molar-refractivity contribution in [1.82, 2.24) is 0 Å². The molecule has 2 fully saturated rings. The lowest BCUT2D eigenvalue weighted by Gasteiger charge is -2.17. The molecular weight excluding hydrogens is 224 g/mol. The Balaban J connectivity index is 1.59. The maximum atomic E-state index is 12.5. The molecule has 0 aromatic heterocycles. The minimum absolute atomic E-state index is 0.348. The first kappa shape index (κ1) is 10.6. The van der Waals surface area contributed by atoms with E-state index in [0.717, 1.165) is 30.8 Å². The lowest BCUT2D eigenvalue weighted by Crippen LogP contribution is -2.11. The van der Waals surface area contributed by atoms with E-state index in [1.165, 1.54) is 24.8 Å². The number of carbonyl (C=O) groups excluding carboxylic acids is 1. The Kier molecular flexibility index (Phi) is 2.26. The van der Waals surface area contributed by atoms with Gasteiger partial charge in [-0.2, -0.15) is 0 Å². The maximum Gasteiger partial charge on any atom is 0.166 e. The van der Waals surface area contributed by atoms with Crippen LogP contribution >= 0.6 is 0 Å². The fourth-order valence-corrected chi connectivity index (χ4v) is 3.92. The van der Waals surface area contributed by atoms with Crippen molar-refractivity contribution in [2.45, 2.75) is 32.1 Å². The summed E-state index contributed by atoms with van der Waals surface area (Å²) in [6.07, 6.45) is 5.99. The van der Waals surface area contributed by atoms with Gasteiger partial charge in [0.25, 0.3) is 0 Å². The van der Waals surface area contributed by atoms with Gasteiger partial charge in [-0.15, -0.1) is 0 Å². The Morgan fingerprint density at radius 3 is 2.83 bits per heavy atom.